The van der Waals surface area contributed by atoms with E-state index in [1.807, 2.05) is 17.9 Å². The van der Waals surface area contributed by atoms with E-state index in [1.54, 1.807) is 0 Å². The molecule has 0 spiro atoms. The van der Waals surface area contributed by atoms with E-state index in [1.165, 1.54) is 5.56 Å². The molecule has 0 saturated carbocycles. The highest BCUT2D eigenvalue weighted by Gasteiger charge is 2.38. The van der Waals surface area contributed by atoms with Crippen LogP contribution in [0.4, 0.5) is 0 Å². The van der Waals surface area contributed by atoms with Crippen molar-refractivity contribution in [1.82, 2.24) is 14.7 Å². The summed E-state index contributed by atoms with van der Waals surface area (Å²) >= 11 is 0. The first-order valence-electron chi connectivity index (χ1n) is 7.04. The van der Waals surface area contributed by atoms with Gasteiger partial charge in [-0.3, -0.25) is 9.58 Å². The molecule has 1 aromatic rings. The molecule has 108 valence electrons. The number of hydrogen-bond acceptors (Lipinski definition) is 4. The standard InChI is InChI=1S/C14H26N4O/c1-5-12(15)13(11-8-16-17(4)9-11)18-6-7-19-10-14(18,2)3/h8-9,12-13H,5-7,10,15H2,1-4H3. The van der Waals surface area contributed by atoms with E-state index in [-0.39, 0.29) is 17.6 Å². The summed E-state index contributed by atoms with van der Waals surface area (Å²) in [5.74, 6) is 0. The summed E-state index contributed by atoms with van der Waals surface area (Å²) in [5, 5.41) is 4.30. The Labute approximate surface area is 115 Å². The second-order valence-corrected chi connectivity index (χ2v) is 6.02. The van der Waals surface area contributed by atoms with Crippen LogP contribution >= 0.6 is 0 Å². The van der Waals surface area contributed by atoms with E-state index in [0.717, 1.165) is 26.2 Å². The fourth-order valence-corrected chi connectivity index (χ4v) is 2.86. The molecule has 1 aromatic heterocycles. The molecule has 1 saturated heterocycles. The Kier molecular flexibility index (Phi) is 4.28. The third-order valence-electron chi connectivity index (χ3n) is 3.99. The van der Waals surface area contributed by atoms with E-state index in [4.69, 9.17) is 10.5 Å². The summed E-state index contributed by atoms with van der Waals surface area (Å²) in [6.45, 7) is 9.02. The molecule has 19 heavy (non-hydrogen) atoms. The highest BCUT2D eigenvalue weighted by molar-refractivity contribution is 5.15. The van der Waals surface area contributed by atoms with Crippen LogP contribution < -0.4 is 5.73 Å². The molecule has 0 radical (unpaired) electrons. The van der Waals surface area contributed by atoms with Crippen molar-refractivity contribution in [2.24, 2.45) is 12.8 Å². The molecular formula is C14H26N4O. The van der Waals surface area contributed by atoms with Crippen LogP contribution in [0.5, 0.6) is 0 Å². The van der Waals surface area contributed by atoms with Gasteiger partial charge in [-0.25, -0.2) is 0 Å². The maximum atomic E-state index is 6.39. The molecule has 5 nitrogen and oxygen atoms in total. The van der Waals surface area contributed by atoms with Gasteiger partial charge < -0.3 is 10.5 Å². The minimum atomic E-state index is 0.00550. The molecule has 2 heterocycles. The van der Waals surface area contributed by atoms with Crippen molar-refractivity contribution in [2.45, 2.75) is 44.8 Å². The van der Waals surface area contributed by atoms with Gasteiger partial charge in [-0.1, -0.05) is 6.92 Å². The van der Waals surface area contributed by atoms with E-state index in [2.05, 4.69) is 37.0 Å². The van der Waals surface area contributed by atoms with Gasteiger partial charge >= 0.3 is 0 Å². The van der Waals surface area contributed by atoms with Crippen LogP contribution in [0.3, 0.4) is 0 Å². The minimum absolute atomic E-state index is 0.00550. The number of nitrogens with zero attached hydrogens (tertiary/aromatic N) is 3. The van der Waals surface area contributed by atoms with E-state index in [0.29, 0.717) is 0 Å². The van der Waals surface area contributed by atoms with Crippen molar-refractivity contribution in [3.8, 4) is 0 Å². The molecule has 0 bridgehead atoms. The van der Waals surface area contributed by atoms with Gasteiger partial charge in [0.05, 0.1) is 25.5 Å². The number of ether oxygens (including phenoxy) is 1. The smallest absolute Gasteiger partial charge is 0.0645 e. The lowest BCUT2D eigenvalue weighted by atomic mass is 9.92. The summed E-state index contributed by atoms with van der Waals surface area (Å²) in [7, 11) is 1.95. The summed E-state index contributed by atoms with van der Waals surface area (Å²) in [6, 6.07) is 0.319. The highest BCUT2D eigenvalue weighted by atomic mass is 16.5. The van der Waals surface area contributed by atoms with Crippen LogP contribution in [0.15, 0.2) is 12.4 Å². The zero-order valence-electron chi connectivity index (χ0n) is 12.5. The summed E-state index contributed by atoms with van der Waals surface area (Å²) in [6.07, 6.45) is 4.96. The van der Waals surface area contributed by atoms with Gasteiger partial charge in [0, 0.05) is 36.9 Å². The van der Waals surface area contributed by atoms with Crippen molar-refractivity contribution in [2.75, 3.05) is 19.8 Å². The Bertz CT molecular complexity index is 415. The number of aryl methyl sites for hydroxylation is 1. The summed E-state index contributed by atoms with van der Waals surface area (Å²) in [4.78, 5) is 2.47. The Morgan fingerprint density at radius 2 is 2.26 bits per heavy atom. The van der Waals surface area contributed by atoms with Crippen molar-refractivity contribution in [3.63, 3.8) is 0 Å². The molecule has 5 heteroatoms. The van der Waals surface area contributed by atoms with Crippen LogP contribution in [0.2, 0.25) is 0 Å². The average molecular weight is 266 g/mol. The number of rotatable bonds is 4. The zero-order chi connectivity index (χ0) is 14.0. The van der Waals surface area contributed by atoms with Gasteiger partial charge in [-0.15, -0.1) is 0 Å². The Hall–Kier alpha value is -0.910. The topological polar surface area (TPSA) is 56.3 Å². The van der Waals surface area contributed by atoms with Crippen LogP contribution in [-0.4, -0.2) is 46.0 Å². The van der Waals surface area contributed by atoms with Gasteiger partial charge in [0.25, 0.3) is 0 Å². The molecule has 0 aliphatic carbocycles. The predicted molar refractivity (Wildman–Crippen MR) is 75.8 cm³/mol. The van der Waals surface area contributed by atoms with Gasteiger partial charge in [0.1, 0.15) is 0 Å². The van der Waals surface area contributed by atoms with E-state index in [9.17, 15) is 0 Å². The molecule has 0 amide bonds. The molecule has 2 unspecified atom stereocenters. The third-order valence-corrected chi connectivity index (χ3v) is 3.99. The molecule has 2 atom stereocenters. The maximum Gasteiger partial charge on any atom is 0.0645 e. The van der Waals surface area contributed by atoms with Crippen LogP contribution in [0.1, 0.15) is 38.8 Å². The number of nitrogens with two attached hydrogens (primary N) is 1. The van der Waals surface area contributed by atoms with Gasteiger partial charge in [-0.2, -0.15) is 5.10 Å². The Morgan fingerprint density at radius 3 is 2.79 bits per heavy atom. The van der Waals surface area contributed by atoms with Crippen molar-refractivity contribution < 1.29 is 4.74 Å². The molecule has 1 aliphatic heterocycles. The highest BCUT2D eigenvalue weighted by Crippen LogP contribution is 2.33. The molecule has 1 aliphatic rings. The van der Waals surface area contributed by atoms with Crippen LogP contribution in [0.25, 0.3) is 0 Å². The molecule has 2 rings (SSSR count). The largest absolute Gasteiger partial charge is 0.378 e. The fourth-order valence-electron chi connectivity index (χ4n) is 2.86. The van der Waals surface area contributed by atoms with Crippen molar-refractivity contribution in [3.05, 3.63) is 18.0 Å². The molecule has 1 fully saturated rings. The monoisotopic (exact) mass is 266 g/mol. The van der Waals surface area contributed by atoms with Gasteiger partial charge in [0.15, 0.2) is 0 Å². The predicted octanol–water partition coefficient (Wildman–Crippen LogP) is 1.31. The number of morpholine rings is 1. The first kappa shape index (κ1) is 14.5. The number of hydrogen-bond donors (Lipinski definition) is 1. The molecule has 0 aromatic carbocycles. The SMILES string of the molecule is CCC(N)C(c1cnn(C)c1)N1CCOCC1(C)C. The first-order chi connectivity index (χ1) is 8.95. The van der Waals surface area contributed by atoms with Crippen LogP contribution in [-0.2, 0) is 11.8 Å². The molecule has 2 N–H and O–H groups in total. The quantitative estimate of drug-likeness (QED) is 0.892. The van der Waals surface area contributed by atoms with E-state index < -0.39 is 0 Å². The molecular weight excluding hydrogens is 240 g/mol. The van der Waals surface area contributed by atoms with Gasteiger partial charge in [-0.05, 0) is 20.3 Å². The second kappa shape index (κ2) is 5.61. The van der Waals surface area contributed by atoms with Crippen LogP contribution in [0, 0.1) is 0 Å². The van der Waals surface area contributed by atoms with Crippen molar-refractivity contribution >= 4 is 0 Å². The fraction of sp³-hybridized carbons (Fsp3) is 0.786. The lowest BCUT2D eigenvalue weighted by Crippen LogP contribution is -2.57. The summed E-state index contributed by atoms with van der Waals surface area (Å²) < 4.78 is 7.46. The lowest BCUT2D eigenvalue weighted by molar-refractivity contribution is -0.0777. The van der Waals surface area contributed by atoms with E-state index >= 15 is 0 Å². The summed E-state index contributed by atoms with van der Waals surface area (Å²) in [5.41, 5.74) is 7.60. The maximum absolute atomic E-state index is 6.39. The average Bonchev–Trinajstić information content (AvgIpc) is 2.77. The second-order valence-electron chi connectivity index (χ2n) is 6.02. The number of aromatic nitrogens is 2. The third kappa shape index (κ3) is 2.99. The zero-order valence-corrected chi connectivity index (χ0v) is 12.5. The Balaban J connectivity index is 2.32. The lowest BCUT2D eigenvalue weighted by Gasteiger charge is -2.48. The first-order valence-corrected chi connectivity index (χ1v) is 7.04. The Morgan fingerprint density at radius 1 is 1.53 bits per heavy atom. The van der Waals surface area contributed by atoms with Crippen molar-refractivity contribution in [1.29, 1.82) is 0 Å². The minimum Gasteiger partial charge on any atom is -0.378 e. The van der Waals surface area contributed by atoms with Gasteiger partial charge in [0.2, 0.25) is 0 Å². The normalized spacial score (nSPS) is 23.2.